The summed E-state index contributed by atoms with van der Waals surface area (Å²) >= 11 is 5.45. The molecule has 2 aromatic rings. The fourth-order valence-electron chi connectivity index (χ4n) is 2.08. The summed E-state index contributed by atoms with van der Waals surface area (Å²) in [6.07, 6.45) is 1.89. The molecule has 1 heterocycles. The van der Waals surface area contributed by atoms with Crippen molar-refractivity contribution in [1.82, 2.24) is 10.3 Å². The molecular formula is C17H23BrN2S. The van der Waals surface area contributed by atoms with Crippen molar-refractivity contribution in [2.24, 2.45) is 0 Å². The second kappa shape index (κ2) is 7.03. The number of benzene rings is 1. The van der Waals surface area contributed by atoms with Crippen molar-refractivity contribution in [2.45, 2.75) is 52.6 Å². The van der Waals surface area contributed by atoms with Crippen LogP contribution in [-0.4, -0.2) is 10.5 Å². The molecule has 0 amide bonds. The minimum absolute atomic E-state index is 0.137. The van der Waals surface area contributed by atoms with Gasteiger partial charge in [-0.1, -0.05) is 41.1 Å². The molecule has 0 aliphatic heterocycles. The SMILES string of the molecule is CCc1nc(Cc2ccccc2Br)sc1CNC(C)(C)C. The third-order valence-electron chi connectivity index (χ3n) is 3.24. The first-order valence-electron chi connectivity index (χ1n) is 7.35. The standard InChI is InChI=1S/C17H23BrN2S/c1-5-14-15(11-19-17(2,3)4)21-16(20-14)10-12-8-6-7-9-13(12)18/h6-9,19H,5,10-11H2,1-4H3. The molecule has 0 atom stereocenters. The monoisotopic (exact) mass is 366 g/mol. The van der Waals surface area contributed by atoms with Gasteiger partial charge in [0.05, 0.1) is 10.7 Å². The van der Waals surface area contributed by atoms with Crippen molar-refractivity contribution in [2.75, 3.05) is 0 Å². The average Bonchev–Trinajstić information content (AvgIpc) is 2.80. The van der Waals surface area contributed by atoms with Crippen LogP contribution in [-0.2, 0) is 19.4 Å². The minimum Gasteiger partial charge on any atom is -0.307 e. The Balaban J connectivity index is 2.15. The van der Waals surface area contributed by atoms with Crippen molar-refractivity contribution in [1.29, 1.82) is 0 Å². The van der Waals surface area contributed by atoms with E-state index in [1.54, 1.807) is 0 Å². The maximum absolute atomic E-state index is 4.82. The Morgan fingerprint density at radius 1 is 1.24 bits per heavy atom. The van der Waals surface area contributed by atoms with E-state index in [0.717, 1.165) is 23.9 Å². The number of aromatic nitrogens is 1. The van der Waals surface area contributed by atoms with Crippen LogP contribution in [0.2, 0.25) is 0 Å². The second-order valence-corrected chi connectivity index (χ2v) is 8.23. The molecule has 0 aliphatic carbocycles. The summed E-state index contributed by atoms with van der Waals surface area (Å²) in [4.78, 5) is 6.19. The van der Waals surface area contributed by atoms with Crippen molar-refractivity contribution in [3.63, 3.8) is 0 Å². The summed E-state index contributed by atoms with van der Waals surface area (Å²) in [7, 11) is 0. The van der Waals surface area contributed by atoms with Gasteiger partial charge in [-0.2, -0.15) is 0 Å². The van der Waals surface area contributed by atoms with Crippen molar-refractivity contribution in [3.8, 4) is 0 Å². The third-order valence-corrected chi connectivity index (χ3v) is 5.11. The number of aryl methyl sites for hydroxylation is 1. The third kappa shape index (κ3) is 4.90. The van der Waals surface area contributed by atoms with Crippen LogP contribution in [0.25, 0.3) is 0 Å². The van der Waals surface area contributed by atoms with Gasteiger partial charge in [0.15, 0.2) is 0 Å². The summed E-state index contributed by atoms with van der Waals surface area (Å²) in [6, 6.07) is 8.37. The lowest BCUT2D eigenvalue weighted by atomic mass is 10.1. The zero-order chi connectivity index (χ0) is 15.5. The molecule has 2 rings (SSSR count). The first kappa shape index (κ1) is 16.7. The van der Waals surface area contributed by atoms with Crippen LogP contribution >= 0.6 is 27.3 Å². The molecule has 0 saturated heterocycles. The van der Waals surface area contributed by atoms with Crippen LogP contribution in [0.4, 0.5) is 0 Å². The second-order valence-electron chi connectivity index (χ2n) is 6.20. The number of nitrogens with zero attached hydrogens (tertiary/aromatic N) is 1. The molecule has 4 heteroatoms. The van der Waals surface area contributed by atoms with Gasteiger partial charge in [-0.15, -0.1) is 11.3 Å². The predicted octanol–water partition coefficient (Wildman–Crippen LogP) is 4.95. The molecule has 1 aromatic heterocycles. The molecule has 0 radical (unpaired) electrons. The number of halogens is 1. The van der Waals surface area contributed by atoms with Crippen LogP contribution < -0.4 is 5.32 Å². The van der Waals surface area contributed by atoms with E-state index in [-0.39, 0.29) is 5.54 Å². The Bertz CT molecular complexity index is 599. The van der Waals surface area contributed by atoms with E-state index in [4.69, 9.17) is 4.98 Å². The van der Waals surface area contributed by atoms with Crippen molar-refractivity contribution < 1.29 is 0 Å². The van der Waals surface area contributed by atoms with Gasteiger partial charge in [-0.25, -0.2) is 4.98 Å². The zero-order valence-electron chi connectivity index (χ0n) is 13.2. The predicted molar refractivity (Wildman–Crippen MR) is 95.0 cm³/mol. The van der Waals surface area contributed by atoms with E-state index < -0.39 is 0 Å². The van der Waals surface area contributed by atoms with Crippen LogP contribution in [0.15, 0.2) is 28.7 Å². The van der Waals surface area contributed by atoms with Crippen LogP contribution in [0.5, 0.6) is 0 Å². The van der Waals surface area contributed by atoms with Gasteiger partial charge in [-0.3, -0.25) is 0 Å². The lowest BCUT2D eigenvalue weighted by Crippen LogP contribution is -2.35. The Labute approximate surface area is 140 Å². The van der Waals surface area contributed by atoms with Gasteiger partial charge in [-0.05, 0) is 38.8 Å². The van der Waals surface area contributed by atoms with Gasteiger partial charge in [0.1, 0.15) is 0 Å². The quantitative estimate of drug-likeness (QED) is 0.809. The molecule has 2 nitrogen and oxygen atoms in total. The topological polar surface area (TPSA) is 24.9 Å². The summed E-state index contributed by atoms with van der Waals surface area (Å²) in [5.41, 5.74) is 2.67. The van der Waals surface area contributed by atoms with Gasteiger partial charge in [0, 0.05) is 27.9 Å². The van der Waals surface area contributed by atoms with E-state index >= 15 is 0 Å². The average molecular weight is 367 g/mol. The van der Waals surface area contributed by atoms with Crippen molar-refractivity contribution >= 4 is 27.3 Å². The van der Waals surface area contributed by atoms with Gasteiger partial charge < -0.3 is 5.32 Å². The summed E-state index contributed by atoms with van der Waals surface area (Å²) in [5, 5.41) is 4.76. The van der Waals surface area contributed by atoms with Gasteiger partial charge in [0.25, 0.3) is 0 Å². The lowest BCUT2D eigenvalue weighted by molar-refractivity contribution is 0.425. The van der Waals surface area contributed by atoms with Crippen LogP contribution in [0.3, 0.4) is 0 Å². The summed E-state index contributed by atoms with van der Waals surface area (Å²) < 4.78 is 1.16. The minimum atomic E-state index is 0.137. The molecule has 1 N–H and O–H groups in total. The van der Waals surface area contributed by atoms with Crippen molar-refractivity contribution in [3.05, 3.63) is 49.9 Å². The maximum Gasteiger partial charge on any atom is 0.0975 e. The van der Waals surface area contributed by atoms with E-state index in [1.165, 1.54) is 21.1 Å². The molecule has 0 aliphatic rings. The molecule has 114 valence electrons. The summed E-state index contributed by atoms with van der Waals surface area (Å²) in [5.74, 6) is 0. The zero-order valence-corrected chi connectivity index (χ0v) is 15.6. The Morgan fingerprint density at radius 3 is 2.57 bits per heavy atom. The number of hydrogen-bond donors (Lipinski definition) is 1. The first-order chi connectivity index (χ1) is 9.89. The normalized spacial score (nSPS) is 11.9. The fraction of sp³-hybridized carbons (Fsp3) is 0.471. The smallest absolute Gasteiger partial charge is 0.0975 e. The van der Waals surface area contributed by atoms with Crippen LogP contribution in [0.1, 0.15) is 48.8 Å². The largest absolute Gasteiger partial charge is 0.307 e. The van der Waals surface area contributed by atoms with E-state index in [0.29, 0.717) is 0 Å². The molecule has 21 heavy (non-hydrogen) atoms. The highest BCUT2D eigenvalue weighted by atomic mass is 79.9. The molecule has 1 aromatic carbocycles. The number of thiazole rings is 1. The van der Waals surface area contributed by atoms with Crippen LogP contribution in [0, 0.1) is 0 Å². The molecule has 0 spiro atoms. The highest BCUT2D eigenvalue weighted by Gasteiger charge is 2.14. The number of nitrogens with one attached hydrogen (secondary N) is 1. The number of rotatable bonds is 5. The van der Waals surface area contributed by atoms with Gasteiger partial charge >= 0.3 is 0 Å². The Kier molecular flexibility index (Phi) is 5.58. The molecule has 0 unspecified atom stereocenters. The number of hydrogen-bond acceptors (Lipinski definition) is 3. The highest BCUT2D eigenvalue weighted by molar-refractivity contribution is 9.10. The van der Waals surface area contributed by atoms with E-state index in [1.807, 2.05) is 17.4 Å². The maximum atomic E-state index is 4.82. The molecule has 0 bridgehead atoms. The molecule has 0 fully saturated rings. The summed E-state index contributed by atoms with van der Waals surface area (Å²) in [6.45, 7) is 9.67. The van der Waals surface area contributed by atoms with Gasteiger partial charge in [0.2, 0.25) is 0 Å². The Hall–Kier alpha value is -0.710. The van der Waals surface area contributed by atoms with E-state index in [9.17, 15) is 0 Å². The molecular weight excluding hydrogens is 344 g/mol. The van der Waals surface area contributed by atoms with E-state index in [2.05, 4.69) is 67.1 Å². The first-order valence-corrected chi connectivity index (χ1v) is 8.96. The fourth-order valence-corrected chi connectivity index (χ4v) is 3.62. The lowest BCUT2D eigenvalue weighted by Gasteiger charge is -2.20. The molecule has 0 saturated carbocycles. The Morgan fingerprint density at radius 2 is 1.95 bits per heavy atom. The highest BCUT2D eigenvalue weighted by Crippen LogP contribution is 2.25.